The molecule has 4 heteroatoms. The van der Waals surface area contributed by atoms with Crippen LogP contribution in [-0.2, 0) is 0 Å². The molecule has 0 spiro atoms. The molecule has 1 unspecified atom stereocenters. The quantitative estimate of drug-likeness (QED) is 0.466. The lowest BCUT2D eigenvalue weighted by Crippen LogP contribution is -2.25. The Morgan fingerprint density at radius 1 is 1.75 bits per heavy atom. The second-order valence-corrected chi connectivity index (χ2v) is 2.99. The molecule has 0 aromatic rings. The normalized spacial score (nSPS) is 34.0. The van der Waals surface area contributed by atoms with Crippen LogP contribution in [0.4, 0.5) is 0 Å². The Balaban J connectivity index is 2.20. The molecular weight excluding hydrogens is 122 g/mol. The first-order valence-electron chi connectivity index (χ1n) is 2.61. The first-order chi connectivity index (χ1) is 3.97. The third-order valence-electron chi connectivity index (χ3n) is 1.32. The highest BCUT2D eigenvalue weighted by molar-refractivity contribution is 8.01. The lowest BCUT2D eigenvalue weighted by molar-refractivity contribution is 0.743. The van der Waals surface area contributed by atoms with E-state index >= 15 is 0 Å². The Morgan fingerprint density at radius 2 is 2.75 bits per heavy atom. The van der Waals surface area contributed by atoms with Crippen molar-refractivity contribution >= 4 is 17.6 Å². The van der Waals surface area contributed by atoms with Crippen molar-refractivity contribution in [2.24, 2.45) is 4.99 Å². The number of amidine groups is 1. The predicted octanol–water partition coefficient (Wildman–Crippen LogP) is -0.434. The van der Waals surface area contributed by atoms with Crippen molar-refractivity contribution in [2.45, 2.75) is 5.25 Å². The van der Waals surface area contributed by atoms with E-state index in [9.17, 15) is 0 Å². The highest BCUT2D eigenvalue weighted by atomic mass is 32.2. The van der Waals surface area contributed by atoms with Gasteiger partial charge in [0.25, 0.3) is 0 Å². The summed E-state index contributed by atoms with van der Waals surface area (Å²) in [6.45, 7) is 1.03. The molecule has 0 aromatic carbocycles. The molecule has 3 nitrogen and oxygen atoms in total. The molecule has 2 aliphatic heterocycles. The Kier molecular flexibility index (Phi) is 0.947. The number of fused-ring (bicyclic) bond motifs is 1. The summed E-state index contributed by atoms with van der Waals surface area (Å²) in [5, 5.41) is 0.620. The van der Waals surface area contributed by atoms with E-state index < -0.39 is 0 Å². The van der Waals surface area contributed by atoms with Gasteiger partial charge < -0.3 is 5.43 Å². The molecular formula is C4H7N3S. The summed E-state index contributed by atoms with van der Waals surface area (Å²) in [5.74, 6) is 2.07. The van der Waals surface area contributed by atoms with Crippen LogP contribution >= 0.6 is 11.8 Å². The Labute approximate surface area is 51.9 Å². The maximum Gasteiger partial charge on any atom is 0.126 e. The van der Waals surface area contributed by atoms with Crippen molar-refractivity contribution in [3.05, 3.63) is 0 Å². The van der Waals surface area contributed by atoms with Crippen molar-refractivity contribution in [1.29, 1.82) is 0 Å². The zero-order chi connectivity index (χ0) is 5.40. The van der Waals surface area contributed by atoms with Crippen LogP contribution in [0.3, 0.4) is 0 Å². The second kappa shape index (κ2) is 1.63. The molecule has 0 saturated carbocycles. The first kappa shape index (κ1) is 4.64. The molecule has 2 heterocycles. The van der Waals surface area contributed by atoms with Gasteiger partial charge in [-0.25, -0.2) is 5.43 Å². The standard InChI is InChI=1S/C4H7N3S/c1-3-4(7-6-1)5-2-8-3/h3,6H,1-2H2,(H,5,7). The van der Waals surface area contributed by atoms with Crippen LogP contribution in [0.25, 0.3) is 0 Å². The van der Waals surface area contributed by atoms with Crippen LogP contribution in [0.15, 0.2) is 4.99 Å². The lowest BCUT2D eigenvalue weighted by atomic mass is 10.4. The van der Waals surface area contributed by atoms with E-state index in [2.05, 4.69) is 15.8 Å². The molecule has 2 aliphatic rings. The topological polar surface area (TPSA) is 36.4 Å². The van der Waals surface area contributed by atoms with E-state index in [0.717, 1.165) is 18.3 Å². The van der Waals surface area contributed by atoms with Gasteiger partial charge in [0.1, 0.15) is 5.84 Å². The van der Waals surface area contributed by atoms with Gasteiger partial charge in [0.15, 0.2) is 0 Å². The third kappa shape index (κ3) is 0.530. The molecule has 0 bridgehead atoms. The molecule has 0 radical (unpaired) electrons. The molecule has 0 aromatic heterocycles. The van der Waals surface area contributed by atoms with Crippen molar-refractivity contribution in [1.82, 2.24) is 10.9 Å². The average Bonchev–Trinajstić information content (AvgIpc) is 2.15. The van der Waals surface area contributed by atoms with Crippen LogP contribution < -0.4 is 10.9 Å². The van der Waals surface area contributed by atoms with Gasteiger partial charge in [-0.05, 0) is 0 Å². The van der Waals surface area contributed by atoms with Gasteiger partial charge in [0.2, 0.25) is 0 Å². The van der Waals surface area contributed by atoms with E-state index in [4.69, 9.17) is 0 Å². The second-order valence-electron chi connectivity index (χ2n) is 1.83. The largest absolute Gasteiger partial charge is 0.309 e. The van der Waals surface area contributed by atoms with Gasteiger partial charge in [0, 0.05) is 6.54 Å². The minimum absolute atomic E-state index is 0.620. The number of rotatable bonds is 0. The maximum absolute atomic E-state index is 4.20. The summed E-state index contributed by atoms with van der Waals surface area (Å²) in [6.07, 6.45) is 0. The van der Waals surface area contributed by atoms with Gasteiger partial charge in [0.05, 0.1) is 11.1 Å². The van der Waals surface area contributed by atoms with E-state index in [1.54, 1.807) is 0 Å². The summed E-state index contributed by atoms with van der Waals surface area (Å²) in [7, 11) is 0. The van der Waals surface area contributed by atoms with Gasteiger partial charge in [-0.2, -0.15) is 0 Å². The van der Waals surface area contributed by atoms with Gasteiger partial charge in [-0.15, -0.1) is 11.8 Å². The summed E-state index contributed by atoms with van der Waals surface area (Å²) < 4.78 is 0. The average molecular weight is 129 g/mol. The van der Waals surface area contributed by atoms with E-state index in [1.165, 1.54) is 0 Å². The van der Waals surface area contributed by atoms with Crippen LogP contribution in [0, 0.1) is 0 Å². The van der Waals surface area contributed by atoms with Crippen LogP contribution in [0.2, 0.25) is 0 Å². The van der Waals surface area contributed by atoms with Crippen LogP contribution in [0.1, 0.15) is 0 Å². The number of thioether (sulfide) groups is 1. The monoisotopic (exact) mass is 129 g/mol. The Hall–Kier alpha value is -0.220. The molecule has 1 fully saturated rings. The maximum atomic E-state index is 4.20. The molecule has 0 aliphatic carbocycles. The molecule has 8 heavy (non-hydrogen) atoms. The summed E-state index contributed by atoms with van der Waals surface area (Å²) in [4.78, 5) is 4.20. The SMILES string of the molecule is C1N=C2NNCC2S1. The van der Waals surface area contributed by atoms with Crippen LogP contribution in [-0.4, -0.2) is 23.5 Å². The minimum Gasteiger partial charge on any atom is -0.309 e. The van der Waals surface area contributed by atoms with Crippen molar-refractivity contribution in [2.75, 3.05) is 12.4 Å². The minimum atomic E-state index is 0.620. The van der Waals surface area contributed by atoms with E-state index in [0.29, 0.717) is 5.25 Å². The summed E-state index contributed by atoms with van der Waals surface area (Å²) in [6, 6.07) is 0. The number of nitrogens with one attached hydrogen (secondary N) is 2. The fourth-order valence-electron chi connectivity index (χ4n) is 0.887. The zero-order valence-electron chi connectivity index (χ0n) is 4.35. The van der Waals surface area contributed by atoms with Crippen LogP contribution in [0.5, 0.6) is 0 Å². The molecule has 1 atom stereocenters. The molecule has 0 amide bonds. The van der Waals surface area contributed by atoms with Gasteiger partial charge >= 0.3 is 0 Å². The number of hydrazine groups is 1. The van der Waals surface area contributed by atoms with Crippen molar-refractivity contribution in [3.8, 4) is 0 Å². The number of hydrogen-bond acceptors (Lipinski definition) is 4. The number of aliphatic imine (C=N–C) groups is 1. The molecule has 44 valence electrons. The number of hydrogen-bond donors (Lipinski definition) is 2. The van der Waals surface area contributed by atoms with Crippen molar-refractivity contribution in [3.63, 3.8) is 0 Å². The third-order valence-corrected chi connectivity index (χ3v) is 2.39. The summed E-state index contributed by atoms with van der Waals surface area (Å²) >= 11 is 1.88. The molecule has 2 N–H and O–H groups in total. The smallest absolute Gasteiger partial charge is 0.126 e. The Bertz CT molecular complexity index is 133. The van der Waals surface area contributed by atoms with Gasteiger partial charge in [-0.1, -0.05) is 0 Å². The molecule has 2 rings (SSSR count). The summed E-state index contributed by atoms with van der Waals surface area (Å²) in [5.41, 5.74) is 6.02. The van der Waals surface area contributed by atoms with Crippen molar-refractivity contribution < 1.29 is 0 Å². The lowest BCUT2D eigenvalue weighted by Gasteiger charge is -1.92. The van der Waals surface area contributed by atoms with E-state index in [1.807, 2.05) is 11.8 Å². The highest BCUT2D eigenvalue weighted by Crippen LogP contribution is 2.19. The fraction of sp³-hybridized carbons (Fsp3) is 0.750. The highest BCUT2D eigenvalue weighted by Gasteiger charge is 2.25. The van der Waals surface area contributed by atoms with E-state index in [-0.39, 0.29) is 0 Å². The molecule has 1 saturated heterocycles. The van der Waals surface area contributed by atoms with Gasteiger partial charge in [-0.3, -0.25) is 4.99 Å². The zero-order valence-corrected chi connectivity index (χ0v) is 5.16. The first-order valence-corrected chi connectivity index (χ1v) is 3.66. The fourth-order valence-corrected chi connectivity index (χ4v) is 1.77. The Morgan fingerprint density at radius 3 is 3.62 bits per heavy atom. The number of nitrogens with zero attached hydrogens (tertiary/aromatic N) is 1. The predicted molar refractivity (Wildman–Crippen MR) is 34.8 cm³/mol.